The summed E-state index contributed by atoms with van der Waals surface area (Å²) >= 11 is 0. The predicted octanol–water partition coefficient (Wildman–Crippen LogP) is 4.95. The Balaban J connectivity index is 1.58. The van der Waals surface area contributed by atoms with Crippen molar-refractivity contribution in [2.45, 2.75) is 58.0 Å². The first-order valence-electron chi connectivity index (χ1n) is 11.1. The predicted molar refractivity (Wildman–Crippen MR) is 116 cm³/mol. The molecule has 2 heterocycles. The third-order valence-corrected chi connectivity index (χ3v) is 6.26. The Morgan fingerprint density at radius 2 is 1.14 bits per heavy atom. The number of phenolic OH excluding ortho intramolecular Hbond substituents is 1. The highest BCUT2D eigenvalue weighted by molar-refractivity contribution is 5.45. The second kappa shape index (κ2) is 9.58. The molecule has 1 N–H and O–H groups in total. The molecular formula is C25H34N2O. The van der Waals surface area contributed by atoms with Crippen LogP contribution in [0.5, 0.6) is 5.75 Å². The minimum Gasteiger partial charge on any atom is -0.507 e. The van der Waals surface area contributed by atoms with Crippen LogP contribution in [0.25, 0.3) is 0 Å². The van der Waals surface area contributed by atoms with Crippen molar-refractivity contribution in [3.05, 3.63) is 64.7 Å². The number of likely N-dealkylation sites (tertiary alicyclic amines) is 2. The van der Waals surface area contributed by atoms with Gasteiger partial charge in [0.05, 0.1) is 0 Å². The van der Waals surface area contributed by atoms with E-state index in [0.717, 1.165) is 56.8 Å². The fourth-order valence-corrected chi connectivity index (χ4v) is 4.72. The summed E-state index contributed by atoms with van der Waals surface area (Å²) in [5.41, 5.74) is 4.88. The van der Waals surface area contributed by atoms with Crippen molar-refractivity contribution in [2.75, 3.05) is 26.2 Å². The molecule has 2 aromatic carbocycles. The van der Waals surface area contributed by atoms with Crippen LogP contribution in [0.2, 0.25) is 0 Å². The van der Waals surface area contributed by atoms with Gasteiger partial charge in [-0.25, -0.2) is 0 Å². The average molecular weight is 379 g/mol. The number of rotatable bonds is 6. The number of aromatic hydroxyl groups is 1. The zero-order chi connectivity index (χ0) is 19.2. The molecule has 4 rings (SSSR count). The SMILES string of the molecule is Oc1c(CN2CCCCC2)cc(Cc2ccccc2)cc1CN1CCCCC1. The van der Waals surface area contributed by atoms with Crippen LogP contribution in [0, 0.1) is 0 Å². The van der Waals surface area contributed by atoms with Crippen molar-refractivity contribution in [2.24, 2.45) is 0 Å². The highest BCUT2D eigenvalue weighted by atomic mass is 16.3. The van der Waals surface area contributed by atoms with Gasteiger partial charge in [-0.15, -0.1) is 0 Å². The first-order valence-corrected chi connectivity index (χ1v) is 11.1. The van der Waals surface area contributed by atoms with Gasteiger partial charge in [0.1, 0.15) is 5.75 Å². The van der Waals surface area contributed by atoms with Gasteiger partial charge in [-0.2, -0.15) is 0 Å². The Morgan fingerprint density at radius 3 is 1.64 bits per heavy atom. The van der Waals surface area contributed by atoms with Crippen LogP contribution in [0.15, 0.2) is 42.5 Å². The van der Waals surface area contributed by atoms with Crippen LogP contribution in [0.1, 0.15) is 60.8 Å². The molecule has 150 valence electrons. The molecule has 2 fully saturated rings. The van der Waals surface area contributed by atoms with E-state index in [0.29, 0.717) is 5.75 Å². The lowest BCUT2D eigenvalue weighted by atomic mass is 9.97. The van der Waals surface area contributed by atoms with Gasteiger partial charge >= 0.3 is 0 Å². The second-order valence-electron chi connectivity index (χ2n) is 8.60. The van der Waals surface area contributed by atoms with Gasteiger partial charge in [0, 0.05) is 24.2 Å². The monoisotopic (exact) mass is 378 g/mol. The molecule has 3 heteroatoms. The summed E-state index contributed by atoms with van der Waals surface area (Å²) in [6, 6.07) is 15.2. The van der Waals surface area contributed by atoms with E-state index in [-0.39, 0.29) is 0 Å². The molecule has 3 nitrogen and oxygen atoms in total. The van der Waals surface area contributed by atoms with E-state index in [1.165, 1.54) is 49.7 Å². The fraction of sp³-hybridized carbons (Fsp3) is 0.520. The van der Waals surface area contributed by atoms with E-state index in [2.05, 4.69) is 52.3 Å². The third-order valence-electron chi connectivity index (χ3n) is 6.26. The first-order chi connectivity index (χ1) is 13.8. The Morgan fingerprint density at radius 1 is 0.643 bits per heavy atom. The molecule has 2 aliphatic rings. The van der Waals surface area contributed by atoms with E-state index in [1.807, 2.05) is 0 Å². The second-order valence-corrected chi connectivity index (χ2v) is 8.60. The fourth-order valence-electron chi connectivity index (χ4n) is 4.72. The van der Waals surface area contributed by atoms with Crippen molar-refractivity contribution in [1.29, 1.82) is 0 Å². The maximum atomic E-state index is 11.1. The lowest BCUT2D eigenvalue weighted by Crippen LogP contribution is -2.30. The maximum absolute atomic E-state index is 11.1. The van der Waals surface area contributed by atoms with Crippen LogP contribution in [-0.2, 0) is 19.5 Å². The van der Waals surface area contributed by atoms with Crippen molar-refractivity contribution in [1.82, 2.24) is 9.80 Å². The molecule has 0 saturated carbocycles. The molecule has 0 bridgehead atoms. The van der Waals surface area contributed by atoms with Crippen LogP contribution in [0.4, 0.5) is 0 Å². The number of nitrogens with zero attached hydrogens (tertiary/aromatic N) is 2. The van der Waals surface area contributed by atoms with Crippen LogP contribution in [-0.4, -0.2) is 41.1 Å². The van der Waals surface area contributed by atoms with E-state index in [1.54, 1.807) is 0 Å². The Kier molecular flexibility index (Phi) is 6.66. The van der Waals surface area contributed by atoms with Gasteiger partial charge < -0.3 is 5.11 Å². The van der Waals surface area contributed by atoms with Crippen molar-refractivity contribution in [3.63, 3.8) is 0 Å². The Labute approximate surface area is 170 Å². The maximum Gasteiger partial charge on any atom is 0.124 e. The van der Waals surface area contributed by atoms with Crippen molar-refractivity contribution < 1.29 is 5.11 Å². The zero-order valence-corrected chi connectivity index (χ0v) is 17.1. The number of piperidine rings is 2. The smallest absolute Gasteiger partial charge is 0.124 e. The Bertz CT molecular complexity index is 705. The lowest BCUT2D eigenvalue weighted by molar-refractivity contribution is 0.213. The summed E-state index contributed by atoms with van der Waals surface area (Å²) in [5, 5.41) is 11.1. The molecule has 2 aliphatic heterocycles. The number of phenols is 1. The number of hydrogen-bond donors (Lipinski definition) is 1. The summed E-state index contributed by atoms with van der Waals surface area (Å²) in [7, 11) is 0. The van der Waals surface area contributed by atoms with Gasteiger partial charge in [0.25, 0.3) is 0 Å². The molecular weight excluding hydrogens is 344 g/mol. The molecule has 0 atom stereocenters. The zero-order valence-electron chi connectivity index (χ0n) is 17.1. The van der Waals surface area contributed by atoms with Gasteiger partial charge in [-0.3, -0.25) is 9.80 Å². The number of hydrogen-bond acceptors (Lipinski definition) is 3. The third kappa shape index (κ3) is 5.15. The largest absolute Gasteiger partial charge is 0.507 e. The van der Waals surface area contributed by atoms with E-state index in [9.17, 15) is 5.11 Å². The van der Waals surface area contributed by atoms with Gasteiger partial charge in [-0.1, -0.05) is 55.3 Å². The topological polar surface area (TPSA) is 26.7 Å². The van der Waals surface area contributed by atoms with Gasteiger partial charge in [-0.05, 0) is 69.4 Å². The normalized spacial score (nSPS) is 19.0. The Hall–Kier alpha value is -1.84. The van der Waals surface area contributed by atoms with E-state index < -0.39 is 0 Å². The molecule has 0 unspecified atom stereocenters. The number of benzene rings is 2. The molecule has 28 heavy (non-hydrogen) atoms. The summed E-state index contributed by atoms with van der Waals surface area (Å²) in [6.45, 7) is 6.38. The lowest BCUT2D eigenvalue weighted by Gasteiger charge is -2.29. The molecule has 0 spiro atoms. The summed E-state index contributed by atoms with van der Waals surface area (Å²) in [4.78, 5) is 5.02. The van der Waals surface area contributed by atoms with Gasteiger partial charge in [0.15, 0.2) is 0 Å². The summed E-state index contributed by atoms with van der Waals surface area (Å²) in [6.07, 6.45) is 8.75. The first kappa shape index (κ1) is 19.5. The molecule has 0 amide bonds. The minimum atomic E-state index is 0.535. The van der Waals surface area contributed by atoms with E-state index in [4.69, 9.17) is 0 Å². The van der Waals surface area contributed by atoms with Crippen molar-refractivity contribution >= 4 is 0 Å². The minimum absolute atomic E-state index is 0.535. The molecule has 0 aliphatic carbocycles. The van der Waals surface area contributed by atoms with E-state index >= 15 is 0 Å². The molecule has 0 aromatic heterocycles. The quantitative estimate of drug-likeness (QED) is 0.770. The van der Waals surface area contributed by atoms with Gasteiger partial charge in [0.2, 0.25) is 0 Å². The highest BCUT2D eigenvalue weighted by Gasteiger charge is 2.18. The molecule has 2 aromatic rings. The van der Waals surface area contributed by atoms with Crippen LogP contribution < -0.4 is 0 Å². The highest BCUT2D eigenvalue weighted by Crippen LogP contribution is 2.30. The molecule has 2 saturated heterocycles. The van der Waals surface area contributed by atoms with Crippen LogP contribution >= 0.6 is 0 Å². The van der Waals surface area contributed by atoms with Crippen LogP contribution in [0.3, 0.4) is 0 Å². The summed E-state index contributed by atoms with van der Waals surface area (Å²) in [5.74, 6) is 0.535. The standard InChI is InChI=1S/C25H34N2O/c28-25-23(19-26-12-6-2-7-13-26)17-22(16-21-10-4-1-5-11-21)18-24(25)20-27-14-8-3-9-15-27/h1,4-5,10-11,17-18,28H,2-3,6-9,12-16,19-20H2. The average Bonchev–Trinajstić information content (AvgIpc) is 2.74. The molecule has 0 radical (unpaired) electrons. The summed E-state index contributed by atoms with van der Waals surface area (Å²) < 4.78 is 0. The van der Waals surface area contributed by atoms with Crippen molar-refractivity contribution in [3.8, 4) is 5.75 Å².